The summed E-state index contributed by atoms with van der Waals surface area (Å²) in [4.78, 5) is 4.20. The van der Waals surface area contributed by atoms with Gasteiger partial charge in [-0.3, -0.25) is 0 Å². The number of hydrogen-bond acceptors (Lipinski definition) is 5. The van der Waals surface area contributed by atoms with Gasteiger partial charge in [0.05, 0.1) is 17.3 Å². The minimum absolute atomic E-state index is 0.0291. The highest BCUT2D eigenvalue weighted by Gasteiger charge is 2.34. The summed E-state index contributed by atoms with van der Waals surface area (Å²) in [5.41, 5.74) is -0.0746. The van der Waals surface area contributed by atoms with E-state index >= 15 is 0 Å². The molecule has 1 saturated carbocycles. The number of nitrogens with zero attached hydrogens (tertiary/aromatic N) is 3. The quantitative estimate of drug-likeness (QED) is 0.846. The van der Waals surface area contributed by atoms with Crippen molar-refractivity contribution in [2.75, 3.05) is 5.32 Å². The highest BCUT2D eigenvalue weighted by atomic mass is 35.5. The maximum atomic E-state index is 10.3. The van der Waals surface area contributed by atoms with Gasteiger partial charge in [-0.1, -0.05) is 24.4 Å². The van der Waals surface area contributed by atoms with Crippen LogP contribution in [0.15, 0.2) is 0 Å². The van der Waals surface area contributed by atoms with E-state index in [1.807, 2.05) is 6.92 Å². The first-order chi connectivity index (χ1) is 7.99. The Bertz CT molecular complexity index is 410. The summed E-state index contributed by atoms with van der Waals surface area (Å²) in [5, 5.41) is 21.4. The number of halogens is 1. The predicted octanol–water partition coefficient (Wildman–Crippen LogP) is 1.94. The number of aromatic nitrogens is 3. The van der Waals surface area contributed by atoms with Crippen molar-refractivity contribution in [2.45, 2.75) is 51.2 Å². The summed E-state index contributed by atoms with van der Waals surface area (Å²) in [6.45, 7) is 3.63. The zero-order valence-electron chi connectivity index (χ0n) is 10.1. The Morgan fingerprint density at radius 2 is 2.18 bits per heavy atom. The van der Waals surface area contributed by atoms with Gasteiger partial charge in [-0.05, 0) is 26.7 Å². The second kappa shape index (κ2) is 4.74. The molecule has 1 aliphatic rings. The zero-order valence-corrected chi connectivity index (χ0v) is 10.8. The van der Waals surface area contributed by atoms with E-state index in [1.165, 1.54) is 0 Å². The highest BCUT2D eigenvalue weighted by molar-refractivity contribution is 6.29. The molecule has 0 aromatic carbocycles. The molecule has 1 aliphatic carbocycles. The largest absolute Gasteiger partial charge is 0.388 e. The molecule has 1 aromatic rings. The van der Waals surface area contributed by atoms with Crippen molar-refractivity contribution in [1.82, 2.24) is 15.2 Å². The van der Waals surface area contributed by atoms with Gasteiger partial charge in [0.25, 0.3) is 0 Å². The first-order valence-corrected chi connectivity index (χ1v) is 6.22. The molecule has 0 amide bonds. The molecule has 1 fully saturated rings. The van der Waals surface area contributed by atoms with Crippen LogP contribution in [0.25, 0.3) is 0 Å². The van der Waals surface area contributed by atoms with Gasteiger partial charge < -0.3 is 10.4 Å². The molecular formula is C11H17ClN4O. The third kappa shape index (κ3) is 2.84. The first kappa shape index (κ1) is 12.5. The lowest BCUT2D eigenvalue weighted by Crippen LogP contribution is -2.47. The van der Waals surface area contributed by atoms with E-state index in [0.717, 1.165) is 25.7 Å². The Hall–Kier alpha value is -0.940. The van der Waals surface area contributed by atoms with Crippen molar-refractivity contribution in [3.05, 3.63) is 10.8 Å². The van der Waals surface area contributed by atoms with Crippen molar-refractivity contribution >= 4 is 17.5 Å². The van der Waals surface area contributed by atoms with Gasteiger partial charge in [0.1, 0.15) is 0 Å². The average molecular weight is 257 g/mol. The van der Waals surface area contributed by atoms with Crippen molar-refractivity contribution < 1.29 is 5.11 Å². The van der Waals surface area contributed by atoms with Crippen LogP contribution in [-0.4, -0.2) is 31.9 Å². The van der Waals surface area contributed by atoms with Gasteiger partial charge in [0.15, 0.2) is 5.15 Å². The SMILES string of the molecule is Cc1nc(N[C@@H]2CCCC[C@@]2(C)O)nnc1Cl. The fraction of sp³-hybridized carbons (Fsp3) is 0.727. The smallest absolute Gasteiger partial charge is 0.243 e. The monoisotopic (exact) mass is 256 g/mol. The second-order valence-electron chi connectivity index (χ2n) is 4.81. The van der Waals surface area contributed by atoms with Crippen LogP contribution in [0.3, 0.4) is 0 Å². The maximum Gasteiger partial charge on any atom is 0.243 e. The Morgan fingerprint density at radius 3 is 2.82 bits per heavy atom. The highest BCUT2D eigenvalue weighted by Crippen LogP contribution is 2.29. The Kier molecular flexibility index (Phi) is 3.49. The molecule has 0 unspecified atom stereocenters. The summed E-state index contributed by atoms with van der Waals surface area (Å²) in [6.07, 6.45) is 3.88. The van der Waals surface area contributed by atoms with E-state index in [-0.39, 0.29) is 6.04 Å². The zero-order chi connectivity index (χ0) is 12.5. The molecule has 0 spiro atoms. The first-order valence-electron chi connectivity index (χ1n) is 5.85. The van der Waals surface area contributed by atoms with E-state index < -0.39 is 5.60 Å². The lowest BCUT2D eigenvalue weighted by atomic mass is 9.82. The molecule has 1 aromatic heterocycles. The Labute approximate surface area is 106 Å². The molecule has 0 saturated heterocycles. The van der Waals surface area contributed by atoms with Gasteiger partial charge in [0.2, 0.25) is 5.95 Å². The maximum absolute atomic E-state index is 10.3. The second-order valence-corrected chi connectivity index (χ2v) is 5.17. The van der Waals surface area contributed by atoms with Crippen molar-refractivity contribution in [2.24, 2.45) is 0 Å². The molecule has 94 valence electrons. The van der Waals surface area contributed by atoms with Gasteiger partial charge in [-0.25, -0.2) is 4.98 Å². The third-order valence-electron chi connectivity index (χ3n) is 3.28. The lowest BCUT2D eigenvalue weighted by Gasteiger charge is -2.37. The molecule has 2 N–H and O–H groups in total. The van der Waals surface area contributed by atoms with E-state index in [4.69, 9.17) is 11.6 Å². The van der Waals surface area contributed by atoms with Crippen LogP contribution in [0.4, 0.5) is 5.95 Å². The van der Waals surface area contributed by atoms with Crippen molar-refractivity contribution in [3.63, 3.8) is 0 Å². The number of rotatable bonds is 2. The van der Waals surface area contributed by atoms with E-state index in [2.05, 4.69) is 20.5 Å². The van der Waals surface area contributed by atoms with Crippen LogP contribution in [0.2, 0.25) is 5.15 Å². The number of aryl methyl sites for hydroxylation is 1. The lowest BCUT2D eigenvalue weighted by molar-refractivity contribution is 0.0103. The Balaban J connectivity index is 2.11. The molecule has 2 rings (SSSR count). The summed E-state index contributed by atoms with van der Waals surface area (Å²) in [6, 6.07) is -0.0291. The molecule has 2 atom stereocenters. The van der Waals surface area contributed by atoms with E-state index in [1.54, 1.807) is 6.92 Å². The average Bonchev–Trinajstić information content (AvgIpc) is 2.26. The van der Waals surface area contributed by atoms with Gasteiger partial charge in [0, 0.05) is 0 Å². The van der Waals surface area contributed by atoms with Crippen LogP contribution in [0.1, 0.15) is 38.3 Å². The standard InChI is InChI=1S/C11H17ClN4O/c1-7-9(12)15-16-10(13-7)14-8-5-3-4-6-11(8,2)17/h8,17H,3-6H2,1-2H3,(H,13,14,16)/t8-,11-/m1/s1. The molecule has 0 bridgehead atoms. The van der Waals surface area contributed by atoms with Crippen molar-refractivity contribution in [3.8, 4) is 0 Å². The summed E-state index contributed by atoms with van der Waals surface area (Å²) >= 11 is 5.77. The normalized spacial score (nSPS) is 29.1. The van der Waals surface area contributed by atoms with Gasteiger partial charge >= 0.3 is 0 Å². The molecular weight excluding hydrogens is 240 g/mol. The Morgan fingerprint density at radius 1 is 1.41 bits per heavy atom. The van der Waals surface area contributed by atoms with Gasteiger partial charge in [-0.15, -0.1) is 10.2 Å². The number of anilines is 1. The third-order valence-corrected chi connectivity index (χ3v) is 3.63. The number of hydrogen-bond donors (Lipinski definition) is 2. The predicted molar refractivity (Wildman–Crippen MR) is 66.1 cm³/mol. The van der Waals surface area contributed by atoms with Crippen LogP contribution >= 0.6 is 11.6 Å². The molecule has 5 nitrogen and oxygen atoms in total. The molecule has 0 aliphatic heterocycles. The topological polar surface area (TPSA) is 70.9 Å². The molecule has 17 heavy (non-hydrogen) atoms. The minimum Gasteiger partial charge on any atom is -0.388 e. The number of aliphatic hydroxyl groups is 1. The van der Waals surface area contributed by atoms with Crippen LogP contribution < -0.4 is 5.32 Å². The molecule has 1 heterocycles. The van der Waals surface area contributed by atoms with Gasteiger partial charge in [-0.2, -0.15) is 0 Å². The van der Waals surface area contributed by atoms with E-state index in [9.17, 15) is 5.11 Å². The summed E-state index contributed by atoms with van der Waals surface area (Å²) < 4.78 is 0. The fourth-order valence-corrected chi connectivity index (χ4v) is 2.23. The van der Waals surface area contributed by atoms with E-state index in [0.29, 0.717) is 16.8 Å². The fourth-order valence-electron chi connectivity index (χ4n) is 2.15. The number of nitrogens with one attached hydrogen (secondary N) is 1. The molecule has 0 radical (unpaired) electrons. The molecule has 6 heteroatoms. The van der Waals surface area contributed by atoms with Crippen LogP contribution in [-0.2, 0) is 0 Å². The summed E-state index contributed by atoms with van der Waals surface area (Å²) in [7, 11) is 0. The van der Waals surface area contributed by atoms with Crippen LogP contribution in [0, 0.1) is 6.92 Å². The van der Waals surface area contributed by atoms with Crippen LogP contribution in [0.5, 0.6) is 0 Å². The van der Waals surface area contributed by atoms with Crippen molar-refractivity contribution in [1.29, 1.82) is 0 Å². The minimum atomic E-state index is -0.713. The summed E-state index contributed by atoms with van der Waals surface area (Å²) in [5.74, 6) is 0.430.